The lowest BCUT2D eigenvalue weighted by molar-refractivity contribution is 0.1000. The molecule has 0 radical (unpaired) electrons. The first-order chi connectivity index (χ1) is 11.8. The molecule has 1 saturated heterocycles. The van der Waals surface area contributed by atoms with Crippen molar-refractivity contribution in [1.82, 2.24) is 14.9 Å². The second-order valence-electron chi connectivity index (χ2n) is 6.23. The number of nitrogens with zero attached hydrogens (tertiary/aromatic N) is 1. The number of benzene rings is 1. The SMILES string of the molecule is CS(=O)(=O)N1CCC(CNC(=O)NCc2cccc(C(N)=O)c2)CC1. The average Bonchev–Trinajstić information content (AvgIpc) is 2.58. The van der Waals surface area contributed by atoms with E-state index in [2.05, 4.69) is 10.6 Å². The van der Waals surface area contributed by atoms with Crippen LogP contribution in [0.4, 0.5) is 4.79 Å². The van der Waals surface area contributed by atoms with Gasteiger partial charge in [-0.3, -0.25) is 4.79 Å². The molecule has 0 unspecified atom stereocenters. The Morgan fingerprint density at radius 3 is 2.52 bits per heavy atom. The summed E-state index contributed by atoms with van der Waals surface area (Å²) in [5.41, 5.74) is 6.41. The highest BCUT2D eigenvalue weighted by Crippen LogP contribution is 2.18. The zero-order chi connectivity index (χ0) is 18.4. The molecule has 1 aromatic carbocycles. The van der Waals surface area contributed by atoms with Crippen molar-refractivity contribution in [3.63, 3.8) is 0 Å². The van der Waals surface area contributed by atoms with Gasteiger partial charge in [0.15, 0.2) is 0 Å². The maximum absolute atomic E-state index is 11.9. The van der Waals surface area contributed by atoms with E-state index in [0.29, 0.717) is 31.7 Å². The molecular formula is C16H24N4O4S. The summed E-state index contributed by atoms with van der Waals surface area (Å²) in [6, 6.07) is 6.48. The highest BCUT2D eigenvalue weighted by molar-refractivity contribution is 7.88. The molecule has 3 amide bonds. The van der Waals surface area contributed by atoms with E-state index in [4.69, 9.17) is 5.73 Å². The van der Waals surface area contributed by atoms with Crippen LogP contribution in [-0.4, -0.2) is 50.6 Å². The van der Waals surface area contributed by atoms with Gasteiger partial charge in [0.2, 0.25) is 15.9 Å². The Morgan fingerprint density at radius 2 is 1.92 bits per heavy atom. The van der Waals surface area contributed by atoms with Gasteiger partial charge in [-0.25, -0.2) is 17.5 Å². The van der Waals surface area contributed by atoms with Gasteiger partial charge in [0, 0.05) is 31.7 Å². The van der Waals surface area contributed by atoms with E-state index in [1.807, 2.05) is 0 Å². The van der Waals surface area contributed by atoms with Crippen molar-refractivity contribution in [2.75, 3.05) is 25.9 Å². The molecule has 1 heterocycles. The standard InChI is InChI=1S/C16H24N4O4S/c1-25(23,24)20-7-5-12(6-8-20)10-18-16(22)19-11-13-3-2-4-14(9-13)15(17)21/h2-4,9,12H,5-8,10-11H2,1H3,(H2,17,21)(H2,18,19,22). The Bertz CT molecular complexity index is 727. The number of hydrogen-bond acceptors (Lipinski definition) is 4. The van der Waals surface area contributed by atoms with Gasteiger partial charge in [-0.2, -0.15) is 0 Å². The van der Waals surface area contributed by atoms with Crippen molar-refractivity contribution in [3.05, 3.63) is 35.4 Å². The van der Waals surface area contributed by atoms with Gasteiger partial charge in [0.25, 0.3) is 0 Å². The predicted octanol–water partition coefficient (Wildman–Crippen LogP) is 0.256. The van der Waals surface area contributed by atoms with Gasteiger partial charge in [-0.1, -0.05) is 12.1 Å². The second kappa shape index (κ2) is 8.30. The van der Waals surface area contributed by atoms with Gasteiger partial charge in [-0.15, -0.1) is 0 Å². The zero-order valence-corrected chi connectivity index (χ0v) is 15.0. The number of rotatable bonds is 6. The van der Waals surface area contributed by atoms with Crippen LogP contribution in [-0.2, 0) is 16.6 Å². The van der Waals surface area contributed by atoms with Crippen LogP contribution in [0, 0.1) is 5.92 Å². The fourth-order valence-electron chi connectivity index (χ4n) is 2.76. The predicted molar refractivity (Wildman–Crippen MR) is 94.3 cm³/mol. The van der Waals surface area contributed by atoms with Crippen LogP contribution in [0.25, 0.3) is 0 Å². The molecule has 0 bridgehead atoms. The summed E-state index contributed by atoms with van der Waals surface area (Å²) >= 11 is 0. The molecule has 1 aliphatic heterocycles. The fourth-order valence-corrected chi connectivity index (χ4v) is 3.64. The van der Waals surface area contributed by atoms with Crippen molar-refractivity contribution in [3.8, 4) is 0 Å². The van der Waals surface area contributed by atoms with Gasteiger partial charge in [0.1, 0.15) is 0 Å². The maximum Gasteiger partial charge on any atom is 0.315 e. The van der Waals surface area contributed by atoms with E-state index in [1.54, 1.807) is 24.3 Å². The average molecular weight is 368 g/mol. The first kappa shape index (κ1) is 19.2. The molecule has 9 heteroatoms. The third kappa shape index (κ3) is 6.02. The Hall–Kier alpha value is -2.13. The summed E-state index contributed by atoms with van der Waals surface area (Å²) in [6.45, 7) is 1.78. The van der Waals surface area contributed by atoms with Gasteiger partial charge in [0.05, 0.1) is 6.26 Å². The van der Waals surface area contributed by atoms with Crippen LogP contribution in [0.15, 0.2) is 24.3 Å². The zero-order valence-electron chi connectivity index (χ0n) is 14.2. The number of carbonyl (C=O) groups is 2. The van der Waals surface area contributed by atoms with Crippen molar-refractivity contribution in [2.45, 2.75) is 19.4 Å². The summed E-state index contributed by atoms with van der Waals surface area (Å²) in [6.07, 6.45) is 2.67. The van der Waals surface area contributed by atoms with Crippen LogP contribution in [0.3, 0.4) is 0 Å². The van der Waals surface area contributed by atoms with E-state index < -0.39 is 15.9 Å². The van der Waals surface area contributed by atoms with E-state index >= 15 is 0 Å². The Labute approximate surface area is 147 Å². The van der Waals surface area contributed by atoms with E-state index in [-0.39, 0.29) is 11.9 Å². The molecule has 2 rings (SSSR count). The quantitative estimate of drug-likeness (QED) is 0.666. The molecule has 25 heavy (non-hydrogen) atoms. The number of nitrogens with one attached hydrogen (secondary N) is 2. The second-order valence-corrected chi connectivity index (χ2v) is 8.22. The molecule has 0 aromatic heterocycles. The number of nitrogens with two attached hydrogens (primary N) is 1. The van der Waals surface area contributed by atoms with Crippen LogP contribution in [0.5, 0.6) is 0 Å². The molecule has 4 N–H and O–H groups in total. The van der Waals surface area contributed by atoms with Gasteiger partial charge < -0.3 is 16.4 Å². The minimum Gasteiger partial charge on any atom is -0.366 e. The van der Waals surface area contributed by atoms with E-state index in [0.717, 1.165) is 18.4 Å². The molecule has 0 saturated carbocycles. The van der Waals surface area contributed by atoms with Crippen molar-refractivity contribution in [1.29, 1.82) is 0 Å². The van der Waals surface area contributed by atoms with E-state index in [9.17, 15) is 18.0 Å². The fraction of sp³-hybridized carbons (Fsp3) is 0.500. The summed E-state index contributed by atoms with van der Waals surface area (Å²) in [5, 5.41) is 5.53. The molecule has 0 aliphatic carbocycles. The molecule has 1 aliphatic rings. The number of sulfonamides is 1. The molecule has 8 nitrogen and oxygen atoms in total. The van der Waals surface area contributed by atoms with Crippen molar-refractivity contribution in [2.24, 2.45) is 11.7 Å². The number of urea groups is 1. The first-order valence-electron chi connectivity index (χ1n) is 8.11. The number of piperidine rings is 1. The van der Waals surface area contributed by atoms with E-state index in [1.165, 1.54) is 10.6 Å². The number of carbonyl (C=O) groups excluding carboxylic acids is 2. The minimum absolute atomic E-state index is 0.266. The summed E-state index contributed by atoms with van der Waals surface area (Å²) in [5.74, 6) is -0.242. The van der Waals surface area contributed by atoms with Gasteiger partial charge in [-0.05, 0) is 36.5 Å². The lowest BCUT2D eigenvalue weighted by Crippen LogP contribution is -2.43. The maximum atomic E-state index is 11.9. The summed E-state index contributed by atoms with van der Waals surface area (Å²) in [4.78, 5) is 23.0. The molecule has 1 aromatic rings. The Balaban J connectivity index is 1.71. The van der Waals surface area contributed by atoms with Crippen LogP contribution >= 0.6 is 0 Å². The highest BCUT2D eigenvalue weighted by atomic mass is 32.2. The lowest BCUT2D eigenvalue weighted by Gasteiger charge is -2.30. The third-order valence-corrected chi connectivity index (χ3v) is 5.56. The highest BCUT2D eigenvalue weighted by Gasteiger charge is 2.24. The Kier molecular flexibility index (Phi) is 6.38. The molecule has 138 valence electrons. The number of amides is 3. The number of hydrogen-bond donors (Lipinski definition) is 3. The van der Waals surface area contributed by atoms with Crippen LogP contribution in [0.2, 0.25) is 0 Å². The Morgan fingerprint density at radius 1 is 1.24 bits per heavy atom. The smallest absolute Gasteiger partial charge is 0.315 e. The third-order valence-electron chi connectivity index (χ3n) is 4.26. The van der Waals surface area contributed by atoms with Gasteiger partial charge >= 0.3 is 6.03 Å². The van der Waals surface area contributed by atoms with Crippen LogP contribution in [0.1, 0.15) is 28.8 Å². The lowest BCUT2D eigenvalue weighted by atomic mass is 9.98. The minimum atomic E-state index is -3.13. The monoisotopic (exact) mass is 368 g/mol. The van der Waals surface area contributed by atoms with Crippen molar-refractivity contribution >= 4 is 22.0 Å². The molecule has 0 atom stereocenters. The first-order valence-corrected chi connectivity index (χ1v) is 9.96. The molecule has 1 fully saturated rings. The molecule has 0 spiro atoms. The number of primary amides is 1. The molecular weight excluding hydrogens is 344 g/mol. The van der Waals surface area contributed by atoms with Crippen molar-refractivity contribution < 1.29 is 18.0 Å². The topological polar surface area (TPSA) is 122 Å². The summed E-state index contributed by atoms with van der Waals surface area (Å²) in [7, 11) is -3.13. The largest absolute Gasteiger partial charge is 0.366 e. The van der Waals surface area contributed by atoms with Crippen LogP contribution < -0.4 is 16.4 Å². The summed E-state index contributed by atoms with van der Waals surface area (Å²) < 4.78 is 24.4. The normalized spacial score (nSPS) is 16.4.